The zero-order chi connectivity index (χ0) is 14.8. The number of hydrogen-bond acceptors (Lipinski definition) is 1. The Kier molecular flexibility index (Phi) is 4.18. The van der Waals surface area contributed by atoms with Crippen LogP contribution in [0, 0.1) is 23.5 Å². The van der Waals surface area contributed by atoms with Gasteiger partial charge in [-0.1, -0.05) is 18.2 Å². The van der Waals surface area contributed by atoms with Crippen molar-refractivity contribution in [2.45, 2.75) is 44.9 Å². The van der Waals surface area contributed by atoms with Crippen molar-refractivity contribution in [3.63, 3.8) is 0 Å². The molecular formula is C18H20F2O. The highest BCUT2D eigenvalue weighted by Crippen LogP contribution is 2.39. The minimum Gasteiger partial charge on any atom is -0.300 e. The van der Waals surface area contributed by atoms with E-state index in [1.165, 1.54) is 0 Å². The predicted octanol–water partition coefficient (Wildman–Crippen LogP) is 4.91. The van der Waals surface area contributed by atoms with E-state index in [1.54, 1.807) is 12.1 Å². The van der Waals surface area contributed by atoms with Crippen molar-refractivity contribution < 1.29 is 13.6 Å². The van der Waals surface area contributed by atoms with Crippen molar-refractivity contribution >= 4 is 11.4 Å². The number of rotatable bonds is 2. The fraction of sp³-hybridized carbons (Fsp3) is 0.500. The Hall–Kier alpha value is -1.51. The topological polar surface area (TPSA) is 17.1 Å². The van der Waals surface area contributed by atoms with Crippen molar-refractivity contribution in [2.24, 2.45) is 11.8 Å². The Morgan fingerprint density at radius 1 is 0.952 bits per heavy atom. The molecule has 1 unspecified atom stereocenters. The monoisotopic (exact) mass is 290 g/mol. The summed E-state index contributed by atoms with van der Waals surface area (Å²) in [5, 5.41) is 0. The van der Waals surface area contributed by atoms with Gasteiger partial charge in [-0.2, -0.15) is 0 Å². The largest absolute Gasteiger partial charge is 0.300 e. The van der Waals surface area contributed by atoms with Gasteiger partial charge in [0.1, 0.15) is 5.78 Å². The molecule has 0 spiro atoms. The molecule has 2 aliphatic carbocycles. The fourth-order valence-electron chi connectivity index (χ4n) is 3.71. The van der Waals surface area contributed by atoms with Gasteiger partial charge in [-0.3, -0.25) is 4.79 Å². The highest BCUT2D eigenvalue weighted by Gasteiger charge is 2.28. The lowest BCUT2D eigenvalue weighted by Gasteiger charge is -2.32. The summed E-state index contributed by atoms with van der Waals surface area (Å²) in [5.41, 5.74) is 1.34. The molecule has 1 nitrogen and oxygen atoms in total. The third-order valence-corrected chi connectivity index (χ3v) is 5.00. The minimum atomic E-state index is -0.777. The van der Waals surface area contributed by atoms with Crippen LogP contribution in [0.2, 0.25) is 0 Å². The van der Waals surface area contributed by atoms with Crippen LogP contribution in [0.15, 0.2) is 24.3 Å². The molecule has 0 aliphatic heterocycles. The second-order valence-electron chi connectivity index (χ2n) is 6.24. The van der Waals surface area contributed by atoms with Gasteiger partial charge in [0.15, 0.2) is 11.6 Å². The number of hydrogen-bond donors (Lipinski definition) is 0. The van der Waals surface area contributed by atoms with Crippen LogP contribution in [0.1, 0.15) is 50.5 Å². The zero-order valence-corrected chi connectivity index (χ0v) is 12.1. The molecule has 0 radical (unpaired) electrons. The highest BCUT2D eigenvalue weighted by molar-refractivity contribution is 5.79. The van der Waals surface area contributed by atoms with Gasteiger partial charge in [-0.05, 0) is 55.6 Å². The summed E-state index contributed by atoms with van der Waals surface area (Å²) in [6.45, 7) is 0. The van der Waals surface area contributed by atoms with Gasteiger partial charge in [0.05, 0.1) is 0 Å². The van der Waals surface area contributed by atoms with Crippen LogP contribution >= 0.6 is 0 Å². The molecule has 0 N–H and O–H groups in total. The van der Waals surface area contributed by atoms with E-state index >= 15 is 0 Å². The summed E-state index contributed by atoms with van der Waals surface area (Å²) in [5.74, 6) is 0.100. The molecule has 3 rings (SSSR count). The molecule has 112 valence electrons. The lowest BCUT2D eigenvalue weighted by molar-refractivity contribution is -0.121. The van der Waals surface area contributed by atoms with Crippen LogP contribution in [-0.4, -0.2) is 5.78 Å². The summed E-state index contributed by atoms with van der Waals surface area (Å²) < 4.78 is 27.1. The molecular weight excluding hydrogens is 270 g/mol. The third kappa shape index (κ3) is 3.07. The highest BCUT2D eigenvalue weighted by atomic mass is 19.2. The normalized spacial score (nSPS) is 24.0. The Balaban J connectivity index is 1.69. The summed E-state index contributed by atoms with van der Waals surface area (Å²) >= 11 is 0. The predicted molar refractivity (Wildman–Crippen MR) is 78.6 cm³/mol. The van der Waals surface area contributed by atoms with Crippen molar-refractivity contribution in [2.75, 3.05) is 0 Å². The second kappa shape index (κ2) is 6.08. The summed E-state index contributed by atoms with van der Waals surface area (Å²) in [6.07, 6.45) is 8.25. The molecule has 3 heteroatoms. The smallest absolute Gasteiger partial charge is 0.166 e. The van der Waals surface area contributed by atoms with E-state index in [-0.39, 0.29) is 0 Å². The van der Waals surface area contributed by atoms with Gasteiger partial charge in [-0.25, -0.2) is 8.78 Å². The van der Waals surface area contributed by atoms with Crippen LogP contribution in [-0.2, 0) is 4.79 Å². The van der Waals surface area contributed by atoms with E-state index in [2.05, 4.69) is 6.08 Å². The molecule has 1 atom stereocenters. The maximum absolute atomic E-state index is 13.8. The number of ketones is 1. The van der Waals surface area contributed by atoms with Gasteiger partial charge >= 0.3 is 0 Å². The Labute approximate surface area is 124 Å². The maximum atomic E-state index is 13.8. The molecule has 0 aromatic heterocycles. The van der Waals surface area contributed by atoms with E-state index in [4.69, 9.17) is 0 Å². The average molecular weight is 290 g/mol. The van der Waals surface area contributed by atoms with Gasteiger partial charge in [-0.15, -0.1) is 0 Å². The number of carbonyl (C=O) groups excluding carboxylic acids is 1. The summed E-state index contributed by atoms with van der Waals surface area (Å²) in [7, 11) is 0. The van der Waals surface area contributed by atoms with E-state index in [9.17, 15) is 13.6 Å². The number of benzene rings is 1. The van der Waals surface area contributed by atoms with E-state index in [0.717, 1.165) is 56.6 Å². The molecule has 0 heterocycles. The molecule has 0 bridgehead atoms. The van der Waals surface area contributed by atoms with Gasteiger partial charge in [0.25, 0.3) is 0 Å². The number of Topliss-reactive ketones (excluding diaryl/α,β-unsaturated/α-hetero) is 1. The molecule has 1 saturated carbocycles. The van der Waals surface area contributed by atoms with Crippen molar-refractivity contribution in [1.82, 2.24) is 0 Å². The Morgan fingerprint density at radius 3 is 2.33 bits per heavy atom. The first-order chi connectivity index (χ1) is 10.1. The fourth-order valence-corrected chi connectivity index (χ4v) is 3.71. The molecule has 21 heavy (non-hydrogen) atoms. The van der Waals surface area contributed by atoms with Crippen molar-refractivity contribution in [3.8, 4) is 0 Å². The molecule has 1 aromatic carbocycles. The Bertz CT molecular complexity index is 567. The van der Waals surface area contributed by atoms with Crippen LogP contribution < -0.4 is 0 Å². The number of allylic oxidation sites excluding steroid dienone is 2. The first-order valence-electron chi connectivity index (χ1n) is 7.80. The van der Waals surface area contributed by atoms with Crippen LogP contribution in [0.3, 0.4) is 0 Å². The van der Waals surface area contributed by atoms with E-state index in [0.29, 0.717) is 23.2 Å². The van der Waals surface area contributed by atoms with Crippen LogP contribution in [0.25, 0.3) is 5.57 Å². The lowest BCUT2D eigenvalue weighted by Crippen LogP contribution is -2.23. The summed E-state index contributed by atoms with van der Waals surface area (Å²) in [4.78, 5) is 11.3. The molecule has 2 aliphatic rings. The quantitative estimate of drug-likeness (QED) is 0.756. The zero-order valence-electron chi connectivity index (χ0n) is 12.1. The maximum Gasteiger partial charge on any atom is 0.166 e. The Morgan fingerprint density at radius 2 is 1.67 bits per heavy atom. The molecule has 0 amide bonds. The van der Waals surface area contributed by atoms with Crippen LogP contribution in [0.4, 0.5) is 8.78 Å². The van der Waals surface area contributed by atoms with Gasteiger partial charge in [0, 0.05) is 18.4 Å². The van der Waals surface area contributed by atoms with E-state index in [1.807, 2.05) is 0 Å². The van der Waals surface area contributed by atoms with Crippen molar-refractivity contribution in [1.29, 1.82) is 0 Å². The second-order valence-corrected chi connectivity index (χ2v) is 6.24. The minimum absolute atomic E-state index is 0.389. The third-order valence-electron chi connectivity index (χ3n) is 5.00. The molecule has 1 aromatic rings. The van der Waals surface area contributed by atoms with Gasteiger partial charge < -0.3 is 0 Å². The van der Waals surface area contributed by atoms with E-state index < -0.39 is 11.6 Å². The molecule has 0 saturated heterocycles. The SMILES string of the molecule is O=C1CCC(C2CC=C(c3cccc(F)c3F)CC2)CC1. The summed E-state index contributed by atoms with van der Waals surface area (Å²) in [6, 6.07) is 4.38. The van der Waals surface area contributed by atoms with Crippen LogP contribution in [0.5, 0.6) is 0 Å². The molecule has 1 fully saturated rings. The first kappa shape index (κ1) is 14.4. The number of halogens is 2. The lowest BCUT2D eigenvalue weighted by atomic mass is 9.73. The standard InChI is InChI=1S/C18H20F2O/c19-17-3-1-2-16(18(17)20)14-6-4-12(5-7-14)13-8-10-15(21)11-9-13/h1-3,6,12-13H,4-5,7-11H2. The van der Waals surface area contributed by atoms with Gasteiger partial charge in [0.2, 0.25) is 0 Å². The first-order valence-corrected chi connectivity index (χ1v) is 7.80. The number of carbonyl (C=O) groups is 1. The van der Waals surface area contributed by atoms with Crippen molar-refractivity contribution in [3.05, 3.63) is 41.5 Å². The average Bonchev–Trinajstić information content (AvgIpc) is 2.51.